The summed E-state index contributed by atoms with van der Waals surface area (Å²) in [5.74, 6) is -0.409. The van der Waals surface area contributed by atoms with Crippen molar-refractivity contribution in [1.29, 1.82) is 0 Å². The van der Waals surface area contributed by atoms with Gasteiger partial charge in [0.25, 0.3) is 5.91 Å². The van der Waals surface area contributed by atoms with E-state index in [1.807, 2.05) is 6.92 Å². The van der Waals surface area contributed by atoms with Gasteiger partial charge in [-0.3, -0.25) is 19.7 Å². The molecule has 0 radical (unpaired) electrons. The molecule has 8 heteroatoms. The number of carbonyl (C=O) groups is 1. The Hall–Kier alpha value is -3.03. The first-order valence-electron chi connectivity index (χ1n) is 6.10. The summed E-state index contributed by atoms with van der Waals surface area (Å²) in [5.41, 5.74) is 7.53. The molecule has 0 aliphatic rings. The predicted molar refractivity (Wildman–Crippen MR) is 74.7 cm³/mol. The minimum absolute atomic E-state index is 0.0654. The third-order valence-electron chi connectivity index (χ3n) is 2.66. The number of nitrogens with zero attached hydrogens (tertiary/aromatic N) is 4. The number of oxime groups is 1. The Bertz CT molecular complexity index is 651. The summed E-state index contributed by atoms with van der Waals surface area (Å²) in [7, 11) is 0. The SMILES string of the molecule is Cc1cnc(CNC(=O)c2ccc(C(N)=NO)cn2)cn1. The van der Waals surface area contributed by atoms with E-state index >= 15 is 0 Å². The van der Waals surface area contributed by atoms with Gasteiger partial charge in [-0.05, 0) is 19.1 Å². The summed E-state index contributed by atoms with van der Waals surface area (Å²) < 4.78 is 0. The fraction of sp³-hybridized carbons (Fsp3) is 0.154. The van der Waals surface area contributed by atoms with Crippen molar-refractivity contribution in [3.05, 3.63) is 53.4 Å². The largest absolute Gasteiger partial charge is 0.409 e. The fourth-order valence-electron chi connectivity index (χ4n) is 1.51. The zero-order chi connectivity index (χ0) is 15.2. The quantitative estimate of drug-likeness (QED) is 0.319. The molecule has 0 saturated heterocycles. The molecule has 0 spiro atoms. The second kappa shape index (κ2) is 6.42. The summed E-state index contributed by atoms with van der Waals surface area (Å²) in [4.78, 5) is 24.1. The molecule has 108 valence electrons. The highest BCUT2D eigenvalue weighted by Crippen LogP contribution is 2.01. The van der Waals surface area contributed by atoms with Crippen molar-refractivity contribution in [2.45, 2.75) is 13.5 Å². The molecule has 0 bridgehead atoms. The van der Waals surface area contributed by atoms with Crippen LogP contribution in [0.5, 0.6) is 0 Å². The molecule has 0 fully saturated rings. The minimum atomic E-state index is -0.344. The van der Waals surface area contributed by atoms with Crippen LogP contribution in [0.25, 0.3) is 0 Å². The van der Waals surface area contributed by atoms with E-state index in [1.165, 1.54) is 12.3 Å². The second-order valence-electron chi connectivity index (χ2n) is 4.25. The first kappa shape index (κ1) is 14.4. The second-order valence-corrected chi connectivity index (χ2v) is 4.25. The molecule has 1 amide bonds. The lowest BCUT2D eigenvalue weighted by Crippen LogP contribution is -2.24. The fourth-order valence-corrected chi connectivity index (χ4v) is 1.51. The topological polar surface area (TPSA) is 126 Å². The van der Waals surface area contributed by atoms with E-state index in [2.05, 4.69) is 25.4 Å². The molecule has 21 heavy (non-hydrogen) atoms. The minimum Gasteiger partial charge on any atom is -0.409 e. The Morgan fingerprint density at radius 2 is 2.10 bits per heavy atom. The normalized spacial score (nSPS) is 11.2. The van der Waals surface area contributed by atoms with Crippen LogP contribution in [0, 0.1) is 6.92 Å². The maximum atomic E-state index is 11.9. The smallest absolute Gasteiger partial charge is 0.270 e. The van der Waals surface area contributed by atoms with E-state index < -0.39 is 0 Å². The number of hydrogen-bond donors (Lipinski definition) is 3. The highest BCUT2D eigenvalue weighted by molar-refractivity contribution is 5.98. The number of pyridine rings is 1. The number of amides is 1. The van der Waals surface area contributed by atoms with Crippen LogP contribution in [0.1, 0.15) is 27.4 Å². The molecule has 2 rings (SSSR count). The standard InChI is InChI=1S/C13H14N6O2/c1-8-4-16-10(6-15-8)7-18-13(20)11-3-2-9(5-17-11)12(14)19-21/h2-6,21H,7H2,1H3,(H2,14,19)(H,18,20). The molecular formula is C13H14N6O2. The number of aryl methyl sites for hydroxylation is 1. The Morgan fingerprint density at radius 1 is 1.29 bits per heavy atom. The van der Waals surface area contributed by atoms with E-state index in [0.717, 1.165) is 5.69 Å². The third kappa shape index (κ3) is 3.72. The van der Waals surface area contributed by atoms with Gasteiger partial charge in [0, 0.05) is 18.0 Å². The lowest BCUT2D eigenvalue weighted by atomic mass is 10.2. The zero-order valence-corrected chi connectivity index (χ0v) is 11.3. The van der Waals surface area contributed by atoms with Gasteiger partial charge in [0.15, 0.2) is 5.84 Å². The molecule has 0 atom stereocenters. The Kier molecular flexibility index (Phi) is 4.39. The van der Waals surface area contributed by atoms with Gasteiger partial charge in [-0.2, -0.15) is 0 Å². The maximum absolute atomic E-state index is 11.9. The van der Waals surface area contributed by atoms with Crippen LogP contribution in [-0.2, 0) is 6.54 Å². The van der Waals surface area contributed by atoms with Crippen LogP contribution >= 0.6 is 0 Å². The predicted octanol–water partition coefficient (Wildman–Crippen LogP) is 0.205. The first-order chi connectivity index (χ1) is 10.1. The van der Waals surface area contributed by atoms with Crippen molar-refractivity contribution in [3.63, 3.8) is 0 Å². The van der Waals surface area contributed by atoms with Gasteiger partial charge in [-0.15, -0.1) is 0 Å². The van der Waals surface area contributed by atoms with Crippen LogP contribution in [0.3, 0.4) is 0 Å². The summed E-state index contributed by atoms with van der Waals surface area (Å²) in [5, 5.41) is 14.1. The van der Waals surface area contributed by atoms with Crippen molar-refractivity contribution >= 4 is 11.7 Å². The molecule has 2 heterocycles. The number of aromatic nitrogens is 3. The van der Waals surface area contributed by atoms with Gasteiger partial charge in [-0.25, -0.2) is 0 Å². The van der Waals surface area contributed by atoms with Crippen molar-refractivity contribution in [2.24, 2.45) is 10.9 Å². The number of amidine groups is 1. The molecule has 0 unspecified atom stereocenters. The molecule has 0 aliphatic heterocycles. The van der Waals surface area contributed by atoms with Crippen LogP contribution < -0.4 is 11.1 Å². The van der Waals surface area contributed by atoms with Gasteiger partial charge in [0.2, 0.25) is 0 Å². The van der Waals surface area contributed by atoms with E-state index in [-0.39, 0.29) is 24.0 Å². The molecular weight excluding hydrogens is 272 g/mol. The monoisotopic (exact) mass is 286 g/mol. The summed E-state index contributed by atoms with van der Waals surface area (Å²) in [6.07, 6.45) is 4.59. The van der Waals surface area contributed by atoms with Crippen molar-refractivity contribution < 1.29 is 10.0 Å². The van der Waals surface area contributed by atoms with E-state index in [4.69, 9.17) is 10.9 Å². The number of rotatable bonds is 4. The number of nitrogens with one attached hydrogen (secondary N) is 1. The van der Waals surface area contributed by atoms with E-state index in [1.54, 1.807) is 18.5 Å². The van der Waals surface area contributed by atoms with Crippen LogP contribution in [0.2, 0.25) is 0 Å². The Morgan fingerprint density at radius 3 is 2.67 bits per heavy atom. The van der Waals surface area contributed by atoms with Crippen LogP contribution in [0.4, 0.5) is 0 Å². The van der Waals surface area contributed by atoms with Gasteiger partial charge in [-0.1, -0.05) is 5.16 Å². The molecule has 2 aromatic rings. The summed E-state index contributed by atoms with van der Waals surface area (Å²) in [6, 6.07) is 3.03. The summed E-state index contributed by atoms with van der Waals surface area (Å²) in [6.45, 7) is 2.10. The molecule has 8 nitrogen and oxygen atoms in total. The van der Waals surface area contributed by atoms with Crippen LogP contribution in [-0.4, -0.2) is 31.9 Å². The van der Waals surface area contributed by atoms with Gasteiger partial charge < -0.3 is 16.3 Å². The van der Waals surface area contributed by atoms with E-state index in [0.29, 0.717) is 11.3 Å². The average Bonchev–Trinajstić information content (AvgIpc) is 2.53. The third-order valence-corrected chi connectivity index (χ3v) is 2.66. The van der Waals surface area contributed by atoms with Gasteiger partial charge in [0.05, 0.1) is 24.1 Å². The summed E-state index contributed by atoms with van der Waals surface area (Å²) >= 11 is 0. The van der Waals surface area contributed by atoms with E-state index in [9.17, 15) is 4.79 Å². The number of nitrogens with two attached hydrogens (primary N) is 1. The highest BCUT2D eigenvalue weighted by atomic mass is 16.4. The Labute approximate surface area is 120 Å². The number of carbonyl (C=O) groups excluding carboxylic acids is 1. The van der Waals surface area contributed by atoms with Crippen LogP contribution in [0.15, 0.2) is 35.9 Å². The molecule has 0 saturated carbocycles. The number of hydrogen-bond acceptors (Lipinski definition) is 6. The van der Waals surface area contributed by atoms with Gasteiger partial charge >= 0.3 is 0 Å². The molecule has 4 N–H and O–H groups in total. The van der Waals surface area contributed by atoms with Crippen molar-refractivity contribution in [1.82, 2.24) is 20.3 Å². The highest BCUT2D eigenvalue weighted by Gasteiger charge is 2.08. The van der Waals surface area contributed by atoms with Gasteiger partial charge in [0.1, 0.15) is 5.69 Å². The molecule has 2 aromatic heterocycles. The zero-order valence-electron chi connectivity index (χ0n) is 11.3. The average molecular weight is 286 g/mol. The molecule has 0 aliphatic carbocycles. The molecule has 0 aromatic carbocycles. The van der Waals surface area contributed by atoms with Crippen molar-refractivity contribution in [2.75, 3.05) is 0 Å². The van der Waals surface area contributed by atoms with Crippen molar-refractivity contribution in [3.8, 4) is 0 Å². The Balaban J connectivity index is 1.98. The lowest BCUT2D eigenvalue weighted by molar-refractivity contribution is 0.0945. The maximum Gasteiger partial charge on any atom is 0.270 e. The first-order valence-corrected chi connectivity index (χ1v) is 6.10. The lowest BCUT2D eigenvalue weighted by Gasteiger charge is -2.05.